The topological polar surface area (TPSA) is 114 Å². The van der Waals surface area contributed by atoms with Gasteiger partial charge in [0, 0.05) is 24.9 Å². The molecule has 0 unspecified atom stereocenters. The maximum Gasteiger partial charge on any atom is 0.268 e. The standard InChI is InChI=1S/C11H17N3O4S/c1-11(2-4-18-5-3-11)14-10(15)9-6-8(7-13-9)19(12,16)17/h6-7,13H,2-5H2,1H3,(H,14,15)(H2,12,16,17). The number of amides is 1. The van der Waals surface area contributed by atoms with E-state index in [4.69, 9.17) is 9.88 Å². The third-order valence-corrected chi connectivity index (χ3v) is 4.13. The van der Waals surface area contributed by atoms with E-state index in [2.05, 4.69) is 10.3 Å². The van der Waals surface area contributed by atoms with Crippen molar-refractivity contribution in [1.29, 1.82) is 0 Å². The maximum atomic E-state index is 12.0. The number of nitrogens with two attached hydrogens (primary N) is 1. The summed E-state index contributed by atoms with van der Waals surface area (Å²) in [5.74, 6) is -0.348. The highest BCUT2D eigenvalue weighted by atomic mass is 32.2. The fraction of sp³-hybridized carbons (Fsp3) is 0.545. The summed E-state index contributed by atoms with van der Waals surface area (Å²) in [4.78, 5) is 14.6. The molecule has 2 heterocycles. The van der Waals surface area contributed by atoms with E-state index < -0.39 is 10.0 Å². The van der Waals surface area contributed by atoms with Gasteiger partial charge in [-0.15, -0.1) is 0 Å². The number of aromatic amines is 1. The lowest BCUT2D eigenvalue weighted by atomic mass is 9.92. The summed E-state index contributed by atoms with van der Waals surface area (Å²) < 4.78 is 27.5. The van der Waals surface area contributed by atoms with E-state index in [1.54, 1.807) is 0 Å². The van der Waals surface area contributed by atoms with Crippen LogP contribution in [-0.4, -0.2) is 38.1 Å². The molecule has 1 aromatic rings. The van der Waals surface area contributed by atoms with Crippen LogP contribution < -0.4 is 10.5 Å². The lowest BCUT2D eigenvalue weighted by Gasteiger charge is -2.34. The van der Waals surface area contributed by atoms with Crippen molar-refractivity contribution in [2.24, 2.45) is 5.14 Å². The van der Waals surface area contributed by atoms with Gasteiger partial charge in [-0.25, -0.2) is 13.6 Å². The highest BCUT2D eigenvalue weighted by Gasteiger charge is 2.29. The lowest BCUT2D eigenvalue weighted by molar-refractivity contribution is 0.0421. The van der Waals surface area contributed by atoms with Crippen LogP contribution in [0.5, 0.6) is 0 Å². The van der Waals surface area contributed by atoms with Gasteiger partial charge in [0.1, 0.15) is 5.69 Å². The Labute approximate surface area is 111 Å². The number of carbonyl (C=O) groups is 1. The van der Waals surface area contributed by atoms with Gasteiger partial charge in [-0.2, -0.15) is 0 Å². The number of carbonyl (C=O) groups excluding carboxylic acids is 1. The van der Waals surface area contributed by atoms with Crippen LogP contribution in [0, 0.1) is 0 Å². The molecule has 0 aliphatic carbocycles. The predicted octanol–water partition coefficient (Wildman–Crippen LogP) is -0.0390. The minimum Gasteiger partial charge on any atom is -0.381 e. The highest BCUT2D eigenvalue weighted by Crippen LogP contribution is 2.20. The van der Waals surface area contributed by atoms with E-state index in [0.717, 1.165) is 12.8 Å². The number of nitrogens with one attached hydrogen (secondary N) is 2. The van der Waals surface area contributed by atoms with Gasteiger partial charge in [0.2, 0.25) is 10.0 Å². The summed E-state index contributed by atoms with van der Waals surface area (Å²) >= 11 is 0. The molecule has 0 atom stereocenters. The lowest BCUT2D eigenvalue weighted by Crippen LogP contribution is -2.49. The first-order valence-corrected chi connectivity index (χ1v) is 7.46. The van der Waals surface area contributed by atoms with Gasteiger partial charge in [-0.1, -0.05) is 0 Å². The molecule has 0 saturated carbocycles. The average molecular weight is 287 g/mol. The third-order valence-electron chi connectivity index (χ3n) is 3.24. The summed E-state index contributed by atoms with van der Waals surface area (Å²) in [5.41, 5.74) is -0.154. The molecule has 0 radical (unpaired) electrons. The van der Waals surface area contributed by atoms with E-state index in [-0.39, 0.29) is 22.0 Å². The Balaban J connectivity index is 2.10. The molecule has 0 bridgehead atoms. The summed E-state index contributed by atoms with van der Waals surface area (Å²) in [5, 5.41) is 7.87. The molecule has 106 valence electrons. The van der Waals surface area contributed by atoms with Crippen molar-refractivity contribution in [2.45, 2.75) is 30.2 Å². The number of rotatable bonds is 3. The zero-order valence-corrected chi connectivity index (χ0v) is 11.4. The molecule has 1 aromatic heterocycles. The molecule has 0 spiro atoms. The Morgan fingerprint density at radius 2 is 2.11 bits per heavy atom. The van der Waals surface area contributed by atoms with Crippen LogP contribution in [-0.2, 0) is 14.8 Å². The van der Waals surface area contributed by atoms with Crippen molar-refractivity contribution in [3.8, 4) is 0 Å². The van der Waals surface area contributed by atoms with E-state index in [0.29, 0.717) is 13.2 Å². The van der Waals surface area contributed by atoms with Crippen molar-refractivity contribution in [1.82, 2.24) is 10.3 Å². The van der Waals surface area contributed by atoms with Crippen LogP contribution in [0.4, 0.5) is 0 Å². The van der Waals surface area contributed by atoms with E-state index >= 15 is 0 Å². The molecule has 1 amide bonds. The van der Waals surface area contributed by atoms with Crippen LogP contribution in [0.1, 0.15) is 30.3 Å². The second kappa shape index (κ2) is 4.95. The molecule has 19 heavy (non-hydrogen) atoms. The molecule has 7 nitrogen and oxygen atoms in total. The molecule has 2 rings (SSSR count). The first-order chi connectivity index (χ1) is 8.80. The first-order valence-electron chi connectivity index (χ1n) is 5.92. The molecule has 0 aromatic carbocycles. The van der Waals surface area contributed by atoms with Gasteiger partial charge >= 0.3 is 0 Å². The van der Waals surface area contributed by atoms with Crippen molar-refractivity contribution in [3.63, 3.8) is 0 Å². The molecule has 1 fully saturated rings. The number of sulfonamides is 1. The third kappa shape index (κ3) is 3.34. The number of hydrogen-bond donors (Lipinski definition) is 3. The highest BCUT2D eigenvalue weighted by molar-refractivity contribution is 7.89. The van der Waals surface area contributed by atoms with Crippen molar-refractivity contribution >= 4 is 15.9 Å². The second-order valence-corrected chi connectivity index (χ2v) is 6.48. The van der Waals surface area contributed by atoms with Gasteiger partial charge in [0.15, 0.2) is 0 Å². The smallest absolute Gasteiger partial charge is 0.268 e. The molecule has 8 heteroatoms. The van der Waals surface area contributed by atoms with Crippen molar-refractivity contribution < 1.29 is 17.9 Å². The van der Waals surface area contributed by atoms with E-state index in [9.17, 15) is 13.2 Å². The fourth-order valence-corrected chi connectivity index (χ4v) is 2.46. The summed E-state index contributed by atoms with van der Waals surface area (Å²) in [6, 6.07) is 1.23. The van der Waals surface area contributed by atoms with E-state index in [1.165, 1.54) is 12.3 Å². The van der Waals surface area contributed by atoms with Gasteiger partial charge < -0.3 is 15.0 Å². The second-order valence-electron chi connectivity index (χ2n) is 4.92. The largest absolute Gasteiger partial charge is 0.381 e. The zero-order chi connectivity index (χ0) is 14.1. The molecule has 4 N–H and O–H groups in total. The van der Waals surface area contributed by atoms with Crippen LogP contribution >= 0.6 is 0 Å². The van der Waals surface area contributed by atoms with E-state index in [1.807, 2.05) is 6.92 Å². The van der Waals surface area contributed by atoms with Crippen molar-refractivity contribution in [3.05, 3.63) is 18.0 Å². The Kier molecular flexibility index (Phi) is 3.66. The molecule has 1 aliphatic heterocycles. The fourth-order valence-electron chi connectivity index (χ4n) is 1.96. The minimum absolute atomic E-state index is 0.102. The number of ether oxygens (including phenoxy) is 1. The molecule has 1 saturated heterocycles. The number of aromatic nitrogens is 1. The first kappa shape index (κ1) is 14.0. The number of H-pyrrole nitrogens is 1. The Bertz CT molecular complexity index is 573. The van der Waals surface area contributed by atoms with Gasteiger partial charge in [-0.3, -0.25) is 4.79 Å². The summed E-state index contributed by atoms with van der Waals surface area (Å²) in [6.45, 7) is 3.14. The molecule has 1 aliphatic rings. The Morgan fingerprint density at radius 3 is 2.63 bits per heavy atom. The average Bonchev–Trinajstić information content (AvgIpc) is 2.78. The molecular weight excluding hydrogens is 270 g/mol. The van der Waals surface area contributed by atoms with Crippen molar-refractivity contribution in [2.75, 3.05) is 13.2 Å². The van der Waals surface area contributed by atoms with Gasteiger partial charge in [0.25, 0.3) is 5.91 Å². The van der Waals surface area contributed by atoms with Crippen LogP contribution in [0.25, 0.3) is 0 Å². The number of primary sulfonamides is 1. The van der Waals surface area contributed by atoms with Crippen LogP contribution in [0.2, 0.25) is 0 Å². The maximum absolute atomic E-state index is 12.0. The predicted molar refractivity (Wildman–Crippen MR) is 68.1 cm³/mol. The zero-order valence-electron chi connectivity index (χ0n) is 10.6. The van der Waals surface area contributed by atoms with Gasteiger partial charge in [0.05, 0.1) is 4.90 Å². The minimum atomic E-state index is -3.80. The Morgan fingerprint density at radius 1 is 1.47 bits per heavy atom. The molecular formula is C11H17N3O4S. The monoisotopic (exact) mass is 287 g/mol. The number of hydrogen-bond acceptors (Lipinski definition) is 4. The summed E-state index contributed by atoms with van der Waals surface area (Å²) in [6.07, 6.45) is 2.65. The summed E-state index contributed by atoms with van der Waals surface area (Å²) in [7, 11) is -3.80. The van der Waals surface area contributed by atoms with Gasteiger partial charge in [-0.05, 0) is 25.8 Å². The SMILES string of the molecule is CC1(NC(=O)c2cc(S(N)(=O)=O)c[nH]2)CCOCC1. The quantitative estimate of drug-likeness (QED) is 0.723. The Hall–Kier alpha value is -1.38. The van der Waals surface area contributed by atoms with Crippen LogP contribution in [0.3, 0.4) is 0 Å². The normalized spacial score (nSPS) is 19.1. The van der Waals surface area contributed by atoms with Crippen LogP contribution in [0.15, 0.2) is 17.2 Å².